The van der Waals surface area contributed by atoms with Gasteiger partial charge in [-0.2, -0.15) is 0 Å². The zero-order valence-corrected chi connectivity index (χ0v) is 19.2. The van der Waals surface area contributed by atoms with E-state index in [1.165, 1.54) is 0 Å². The van der Waals surface area contributed by atoms with Crippen molar-refractivity contribution in [3.8, 4) is 11.5 Å². The summed E-state index contributed by atoms with van der Waals surface area (Å²) in [6.07, 6.45) is 2.35. The fourth-order valence-corrected chi connectivity index (χ4v) is 5.50. The van der Waals surface area contributed by atoms with Crippen LogP contribution in [0.2, 0.25) is 10.0 Å². The van der Waals surface area contributed by atoms with E-state index in [0.29, 0.717) is 27.1 Å². The SMILES string of the molecule is CCc1ccc(Oc2ccc(Cl)cc2Cl)cc1C1=C(O)C2(C)CC[C@@H](C1=O)C2(C)C. The molecule has 0 saturated heterocycles. The fourth-order valence-electron chi connectivity index (χ4n) is 5.06. The molecule has 5 heteroatoms. The highest BCUT2D eigenvalue weighted by Crippen LogP contribution is 2.64. The molecule has 1 unspecified atom stereocenters. The van der Waals surface area contributed by atoms with Crippen LogP contribution >= 0.6 is 23.2 Å². The van der Waals surface area contributed by atoms with Crippen LogP contribution in [-0.4, -0.2) is 10.9 Å². The lowest BCUT2D eigenvalue weighted by molar-refractivity contribution is -0.122. The van der Waals surface area contributed by atoms with Gasteiger partial charge in [-0.25, -0.2) is 0 Å². The number of ketones is 1. The summed E-state index contributed by atoms with van der Waals surface area (Å²) in [6, 6.07) is 10.7. The van der Waals surface area contributed by atoms with Gasteiger partial charge in [-0.3, -0.25) is 4.79 Å². The first-order chi connectivity index (χ1) is 14.1. The summed E-state index contributed by atoms with van der Waals surface area (Å²) in [5.41, 5.74) is 1.51. The van der Waals surface area contributed by atoms with E-state index in [0.717, 1.165) is 30.4 Å². The minimum absolute atomic E-state index is 0.0313. The fraction of sp³-hybridized carbons (Fsp3) is 0.400. The number of rotatable bonds is 4. The summed E-state index contributed by atoms with van der Waals surface area (Å²) in [6.45, 7) is 8.31. The quantitative estimate of drug-likeness (QED) is 0.526. The second-order valence-corrected chi connectivity index (χ2v) is 9.93. The molecule has 2 aliphatic rings. The van der Waals surface area contributed by atoms with Crippen molar-refractivity contribution in [1.29, 1.82) is 0 Å². The van der Waals surface area contributed by atoms with Crippen molar-refractivity contribution in [2.75, 3.05) is 0 Å². The van der Waals surface area contributed by atoms with Crippen molar-refractivity contribution in [3.05, 3.63) is 63.3 Å². The standard InChI is InChI=1S/C25H26Cl2O3/c1-5-14-6-8-16(30-20-9-7-15(26)12-19(20)27)13-17(14)21-22(28)18-10-11-25(4,23(21)29)24(18,2)3/h6-9,12-13,18,29H,5,10-11H2,1-4H3/t18-,25?/m0/s1. The van der Waals surface area contributed by atoms with Crippen molar-refractivity contribution >= 4 is 34.6 Å². The van der Waals surface area contributed by atoms with Crippen molar-refractivity contribution in [3.63, 3.8) is 0 Å². The third kappa shape index (κ3) is 3.06. The molecule has 0 aromatic heterocycles. The number of carbonyl (C=O) groups excluding carboxylic acids is 1. The molecule has 1 fully saturated rings. The second-order valence-electron chi connectivity index (χ2n) is 9.08. The van der Waals surface area contributed by atoms with Crippen LogP contribution in [0.15, 0.2) is 42.2 Å². The molecule has 2 bridgehead atoms. The minimum atomic E-state index is -0.414. The van der Waals surface area contributed by atoms with Crippen LogP contribution in [-0.2, 0) is 11.2 Å². The van der Waals surface area contributed by atoms with Gasteiger partial charge in [0, 0.05) is 16.4 Å². The number of hydrogen-bond acceptors (Lipinski definition) is 3. The molecule has 0 amide bonds. The average Bonchev–Trinajstić information content (AvgIpc) is 2.87. The van der Waals surface area contributed by atoms with Gasteiger partial charge in [0.05, 0.1) is 10.6 Å². The Hall–Kier alpha value is -1.97. The molecule has 1 N–H and O–H groups in total. The number of aryl methyl sites for hydroxylation is 1. The van der Waals surface area contributed by atoms with Crippen LogP contribution in [0.1, 0.15) is 51.7 Å². The number of fused-ring (bicyclic) bond motifs is 2. The largest absolute Gasteiger partial charge is 0.511 e. The number of benzene rings is 2. The number of allylic oxidation sites excluding steroid dienone is 2. The van der Waals surface area contributed by atoms with E-state index in [1.54, 1.807) is 18.2 Å². The molecule has 4 rings (SSSR count). The maximum atomic E-state index is 13.5. The number of ether oxygens (including phenoxy) is 1. The van der Waals surface area contributed by atoms with E-state index in [-0.39, 0.29) is 22.9 Å². The molecule has 0 aliphatic heterocycles. The van der Waals surface area contributed by atoms with Gasteiger partial charge in [0.1, 0.15) is 17.3 Å². The molecule has 1 saturated carbocycles. The van der Waals surface area contributed by atoms with Crippen LogP contribution in [0.3, 0.4) is 0 Å². The van der Waals surface area contributed by atoms with Crippen molar-refractivity contribution < 1.29 is 14.6 Å². The Bertz CT molecular complexity index is 1070. The smallest absolute Gasteiger partial charge is 0.170 e. The first-order valence-electron chi connectivity index (χ1n) is 10.3. The number of Topliss-reactive ketones (excluding diaryl/α,β-unsaturated/α-hetero) is 1. The van der Waals surface area contributed by atoms with Gasteiger partial charge in [-0.05, 0) is 66.1 Å². The number of halogens is 2. The summed E-state index contributed by atoms with van der Waals surface area (Å²) < 4.78 is 5.99. The zero-order valence-electron chi connectivity index (χ0n) is 17.7. The van der Waals surface area contributed by atoms with Gasteiger partial charge >= 0.3 is 0 Å². The molecular weight excluding hydrogens is 419 g/mol. The average molecular weight is 445 g/mol. The molecular formula is C25H26Cl2O3. The summed E-state index contributed by atoms with van der Waals surface area (Å²) in [7, 11) is 0. The first-order valence-corrected chi connectivity index (χ1v) is 11.1. The van der Waals surface area contributed by atoms with E-state index >= 15 is 0 Å². The summed E-state index contributed by atoms with van der Waals surface area (Å²) >= 11 is 12.2. The van der Waals surface area contributed by atoms with Crippen molar-refractivity contribution in [2.45, 2.75) is 47.0 Å². The van der Waals surface area contributed by atoms with Crippen LogP contribution in [0.25, 0.3) is 5.57 Å². The highest BCUT2D eigenvalue weighted by Gasteiger charge is 2.61. The van der Waals surface area contributed by atoms with E-state index in [4.69, 9.17) is 27.9 Å². The molecule has 0 radical (unpaired) electrons. The molecule has 3 nitrogen and oxygen atoms in total. The number of carbonyl (C=O) groups is 1. The normalized spacial score (nSPS) is 25.0. The molecule has 2 aliphatic carbocycles. The van der Waals surface area contributed by atoms with E-state index < -0.39 is 5.41 Å². The maximum absolute atomic E-state index is 13.5. The molecule has 158 valence electrons. The number of aliphatic hydroxyl groups excluding tert-OH is 1. The van der Waals surface area contributed by atoms with Gasteiger partial charge in [0.25, 0.3) is 0 Å². The molecule has 30 heavy (non-hydrogen) atoms. The predicted molar refractivity (Wildman–Crippen MR) is 122 cm³/mol. The highest BCUT2D eigenvalue weighted by atomic mass is 35.5. The third-order valence-electron chi connectivity index (χ3n) is 7.40. The van der Waals surface area contributed by atoms with Gasteiger partial charge in [-0.15, -0.1) is 0 Å². The predicted octanol–water partition coefficient (Wildman–Crippen LogP) is 7.64. The number of aliphatic hydroxyl groups is 1. The van der Waals surface area contributed by atoms with Gasteiger partial charge in [0.2, 0.25) is 0 Å². The number of hydrogen-bond donors (Lipinski definition) is 1. The third-order valence-corrected chi connectivity index (χ3v) is 7.93. The summed E-state index contributed by atoms with van der Waals surface area (Å²) in [5.74, 6) is 1.19. The molecule has 2 aromatic carbocycles. The first kappa shape index (κ1) is 21.3. The van der Waals surface area contributed by atoms with E-state index in [1.807, 2.05) is 25.1 Å². The Labute approximate surface area is 187 Å². The van der Waals surface area contributed by atoms with Gasteiger partial charge < -0.3 is 9.84 Å². The lowest BCUT2D eigenvalue weighted by Gasteiger charge is -2.45. The highest BCUT2D eigenvalue weighted by molar-refractivity contribution is 6.35. The lowest BCUT2D eigenvalue weighted by atomic mass is 9.58. The van der Waals surface area contributed by atoms with Gasteiger partial charge in [-0.1, -0.05) is 57.0 Å². The monoisotopic (exact) mass is 444 g/mol. The van der Waals surface area contributed by atoms with E-state index in [2.05, 4.69) is 20.8 Å². The topological polar surface area (TPSA) is 46.5 Å². The van der Waals surface area contributed by atoms with Crippen molar-refractivity contribution in [2.24, 2.45) is 16.7 Å². The van der Waals surface area contributed by atoms with E-state index in [9.17, 15) is 9.90 Å². The van der Waals surface area contributed by atoms with Crippen molar-refractivity contribution in [1.82, 2.24) is 0 Å². The Morgan fingerprint density at radius 1 is 1.13 bits per heavy atom. The Balaban J connectivity index is 1.82. The Morgan fingerprint density at radius 2 is 1.87 bits per heavy atom. The summed E-state index contributed by atoms with van der Waals surface area (Å²) in [5, 5.41) is 12.3. The Morgan fingerprint density at radius 3 is 2.53 bits per heavy atom. The molecule has 2 aromatic rings. The lowest BCUT2D eigenvalue weighted by Crippen LogP contribution is -2.43. The maximum Gasteiger partial charge on any atom is 0.170 e. The van der Waals surface area contributed by atoms with Crippen LogP contribution in [0.4, 0.5) is 0 Å². The molecule has 2 atom stereocenters. The minimum Gasteiger partial charge on any atom is -0.511 e. The van der Waals surface area contributed by atoms with Crippen LogP contribution in [0.5, 0.6) is 11.5 Å². The zero-order chi connectivity index (χ0) is 21.8. The molecule has 0 spiro atoms. The Kier molecular flexibility index (Phi) is 5.19. The molecule has 0 heterocycles. The second kappa shape index (κ2) is 7.32. The summed E-state index contributed by atoms with van der Waals surface area (Å²) in [4.78, 5) is 13.5. The van der Waals surface area contributed by atoms with Crippen LogP contribution < -0.4 is 4.74 Å². The van der Waals surface area contributed by atoms with Gasteiger partial charge in [0.15, 0.2) is 5.78 Å². The van der Waals surface area contributed by atoms with Crippen LogP contribution in [0, 0.1) is 16.7 Å².